The topological polar surface area (TPSA) is 47.6 Å². The fourth-order valence-electron chi connectivity index (χ4n) is 1.55. The van der Waals surface area contributed by atoms with Crippen LogP contribution in [0.4, 0.5) is 0 Å². The van der Waals surface area contributed by atoms with Crippen LogP contribution < -0.4 is 5.32 Å². The predicted octanol–water partition coefficient (Wildman–Crippen LogP) is 2.16. The van der Waals surface area contributed by atoms with Crippen LogP contribution in [0.3, 0.4) is 0 Å². The van der Waals surface area contributed by atoms with Gasteiger partial charge in [0.05, 0.1) is 10.6 Å². The molecule has 18 heavy (non-hydrogen) atoms. The van der Waals surface area contributed by atoms with E-state index in [1.54, 1.807) is 24.3 Å². The first-order chi connectivity index (χ1) is 8.50. The zero-order valence-corrected chi connectivity index (χ0v) is 11.3. The van der Waals surface area contributed by atoms with E-state index in [4.69, 9.17) is 33.3 Å². The number of carbonyl (C=O) groups is 1. The van der Waals surface area contributed by atoms with Gasteiger partial charge in [-0.2, -0.15) is 0 Å². The zero-order chi connectivity index (χ0) is 13.2. The molecule has 0 aliphatic carbocycles. The summed E-state index contributed by atoms with van der Waals surface area (Å²) in [6.07, 6.45) is 0. The van der Waals surface area contributed by atoms with Crippen molar-refractivity contribution in [3.05, 3.63) is 34.9 Å². The molecule has 0 radical (unpaired) electrons. The van der Waals surface area contributed by atoms with Gasteiger partial charge in [0.25, 0.3) is 5.17 Å². The van der Waals surface area contributed by atoms with Crippen molar-refractivity contribution in [2.45, 2.75) is 12.5 Å². The van der Waals surface area contributed by atoms with Crippen molar-refractivity contribution >= 4 is 35.0 Å². The number of esters is 1. The molecule has 1 saturated heterocycles. The van der Waals surface area contributed by atoms with Crippen molar-refractivity contribution in [2.75, 3.05) is 13.2 Å². The molecule has 96 valence electrons. The molecule has 1 atom stereocenters. The molecule has 1 unspecified atom stereocenters. The summed E-state index contributed by atoms with van der Waals surface area (Å²) >= 11 is 10.8. The fourth-order valence-corrected chi connectivity index (χ4v) is 2.07. The standard InChI is InChI=1S/C12H12ClNO3S/c1-12(7-17-11(18)14-12)6-16-10(15)8-4-2-3-5-9(8)13/h2-5H,6-7H2,1H3,(H,14,18). The van der Waals surface area contributed by atoms with Crippen LogP contribution in [0.1, 0.15) is 17.3 Å². The number of carbonyl (C=O) groups excluding carboxylic acids is 1. The van der Waals surface area contributed by atoms with E-state index < -0.39 is 11.5 Å². The fraction of sp³-hybridized carbons (Fsp3) is 0.333. The van der Waals surface area contributed by atoms with Crippen molar-refractivity contribution in [1.82, 2.24) is 5.32 Å². The van der Waals surface area contributed by atoms with E-state index in [9.17, 15) is 4.79 Å². The summed E-state index contributed by atoms with van der Waals surface area (Å²) in [6, 6.07) is 6.75. The number of benzene rings is 1. The molecule has 6 heteroatoms. The molecule has 2 rings (SSSR count). The minimum atomic E-state index is -0.478. The van der Waals surface area contributed by atoms with Crippen molar-refractivity contribution in [3.63, 3.8) is 0 Å². The van der Waals surface area contributed by atoms with Crippen LogP contribution >= 0.6 is 23.8 Å². The summed E-state index contributed by atoms with van der Waals surface area (Å²) < 4.78 is 10.4. The molecule has 0 spiro atoms. The summed E-state index contributed by atoms with van der Waals surface area (Å²) in [5.74, 6) is -0.457. The Bertz CT molecular complexity index is 494. The van der Waals surface area contributed by atoms with E-state index in [-0.39, 0.29) is 6.61 Å². The molecule has 1 heterocycles. The Labute approximate surface area is 115 Å². The van der Waals surface area contributed by atoms with Gasteiger partial charge in [0.15, 0.2) is 0 Å². The first kappa shape index (κ1) is 13.1. The lowest BCUT2D eigenvalue weighted by atomic mass is 10.1. The quantitative estimate of drug-likeness (QED) is 0.681. The zero-order valence-electron chi connectivity index (χ0n) is 9.73. The molecule has 1 aliphatic rings. The Kier molecular flexibility index (Phi) is 3.73. The number of nitrogens with one attached hydrogen (secondary N) is 1. The Morgan fingerprint density at radius 1 is 1.61 bits per heavy atom. The van der Waals surface area contributed by atoms with Gasteiger partial charge in [-0.15, -0.1) is 0 Å². The normalized spacial score (nSPS) is 22.2. The summed E-state index contributed by atoms with van der Waals surface area (Å²) in [7, 11) is 0. The number of hydrogen-bond donors (Lipinski definition) is 1. The molecule has 4 nitrogen and oxygen atoms in total. The van der Waals surface area contributed by atoms with E-state index in [2.05, 4.69) is 5.32 Å². The van der Waals surface area contributed by atoms with Crippen LogP contribution in [0.25, 0.3) is 0 Å². The van der Waals surface area contributed by atoms with Gasteiger partial charge in [-0.3, -0.25) is 0 Å². The van der Waals surface area contributed by atoms with Crippen LogP contribution in [0.5, 0.6) is 0 Å². The highest BCUT2D eigenvalue weighted by molar-refractivity contribution is 7.80. The first-order valence-corrected chi connectivity index (χ1v) is 6.15. The van der Waals surface area contributed by atoms with Crippen LogP contribution in [0, 0.1) is 0 Å². The number of ether oxygens (including phenoxy) is 2. The lowest BCUT2D eigenvalue weighted by molar-refractivity contribution is 0.0391. The van der Waals surface area contributed by atoms with E-state index in [0.717, 1.165) is 0 Å². The molecule has 0 saturated carbocycles. The summed E-state index contributed by atoms with van der Waals surface area (Å²) in [5, 5.41) is 3.65. The van der Waals surface area contributed by atoms with Gasteiger partial charge >= 0.3 is 5.97 Å². The maximum Gasteiger partial charge on any atom is 0.339 e. The van der Waals surface area contributed by atoms with E-state index in [1.165, 1.54) is 0 Å². The molecule has 0 aromatic heterocycles. The molecule has 1 fully saturated rings. The Balaban J connectivity index is 1.97. The van der Waals surface area contributed by atoms with Crippen LogP contribution in [-0.4, -0.2) is 29.9 Å². The molecule has 1 aromatic carbocycles. The predicted molar refractivity (Wildman–Crippen MR) is 71.8 cm³/mol. The highest BCUT2D eigenvalue weighted by Gasteiger charge is 2.34. The molecule has 0 amide bonds. The van der Waals surface area contributed by atoms with E-state index in [1.807, 2.05) is 6.92 Å². The summed E-state index contributed by atoms with van der Waals surface area (Å²) in [6.45, 7) is 2.41. The lowest BCUT2D eigenvalue weighted by Crippen LogP contribution is -2.45. The molecular weight excluding hydrogens is 274 g/mol. The van der Waals surface area contributed by atoms with Crippen molar-refractivity contribution in [2.24, 2.45) is 0 Å². The van der Waals surface area contributed by atoms with Crippen molar-refractivity contribution in [1.29, 1.82) is 0 Å². The Hall–Kier alpha value is -1.33. The van der Waals surface area contributed by atoms with E-state index >= 15 is 0 Å². The summed E-state index contributed by atoms with van der Waals surface area (Å²) in [5.41, 5.74) is -0.127. The molecule has 1 N–H and O–H groups in total. The average molecular weight is 286 g/mol. The van der Waals surface area contributed by atoms with Crippen LogP contribution in [0.15, 0.2) is 24.3 Å². The van der Waals surface area contributed by atoms with Gasteiger partial charge in [-0.1, -0.05) is 23.7 Å². The number of hydrogen-bond acceptors (Lipinski definition) is 4. The molecule has 0 bridgehead atoms. The second kappa shape index (κ2) is 5.12. The van der Waals surface area contributed by atoms with Crippen LogP contribution in [0.2, 0.25) is 5.02 Å². The van der Waals surface area contributed by atoms with Gasteiger partial charge in [0.2, 0.25) is 0 Å². The highest BCUT2D eigenvalue weighted by Crippen LogP contribution is 2.18. The number of halogens is 1. The van der Waals surface area contributed by atoms with Gasteiger partial charge < -0.3 is 14.8 Å². The lowest BCUT2D eigenvalue weighted by Gasteiger charge is -2.21. The monoisotopic (exact) mass is 285 g/mol. The second-order valence-electron chi connectivity index (χ2n) is 4.32. The molecule has 1 aromatic rings. The first-order valence-electron chi connectivity index (χ1n) is 5.37. The number of thiocarbonyl (C=S) groups is 1. The molecular formula is C12H12ClNO3S. The maximum atomic E-state index is 11.8. The third kappa shape index (κ3) is 2.91. The van der Waals surface area contributed by atoms with Gasteiger partial charge in [0.1, 0.15) is 18.8 Å². The van der Waals surface area contributed by atoms with Crippen molar-refractivity contribution in [3.8, 4) is 0 Å². The van der Waals surface area contributed by atoms with Gasteiger partial charge in [0, 0.05) is 0 Å². The van der Waals surface area contributed by atoms with Crippen molar-refractivity contribution < 1.29 is 14.3 Å². The van der Waals surface area contributed by atoms with E-state index in [0.29, 0.717) is 22.4 Å². The second-order valence-corrected chi connectivity index (χ2v) is 5.10. The Morgan fingerprint density at radius 3 is 2.94 bits per heavy atom. The largest absolute Gasteiger partial charge is 0.468 e. The minimum absolute atomic E-state index is 0.164. The Morgan fingerprint density at radius 2 is 2.33 bits per heavy atom. The maximum absolute atomic E-state index is 11.8. The highest BCUT2D eigenvalue weighted by atomic mass is 35.5. The van der Waals surface area contributed by atoms with Gasteiger partial charge in [-0.05, 0) is 31.3 Å². The smallest absolute Gasteiger partial charge is 0.339 e. The number of rotatable bonds is 3. The third-order valence-electron chi connectivity index (χ3n) is 2.54. The minimum Gasteiger partial charge on any atom is -0.468 e. The van der Waals surface area contributed by atoms with Crippen LogP contribution in [-0.2, 0) is 9.47 Å². The van der Waals surface area contributed by atoms with Gasteiger partial charge in [-0.25, -0.2) is 4.79 Å². The average Bonchev–Trinajstić information content (AvgIpc) is 2.68. The molecule has 1 aliphatic heterocycles. The SMILES string of the molecule is CC1(COC(=O)c2ccccc2Cl)COC(=S)N1. The third-order valence-corrected chi connectivity index (χ3v) is 3.09. The summed E-state index contributed by atoms with van der Waals surface area (Å²) in [4.78, 5) is 11.8.